The molecule has 0 saturated carbocycles. The minimum Gasteiger partial charge on any atom is -0.344 e. The molecule has 16 heavy (non-hydrogen) atoms. The molecule has 0 fully saturated rings. The molecule has 2 bridgehead atoms. The smallest absolute Gasteiger partial charge is 0.294 e. The Balaban J connectivity index is 0.00000128. The minimum absolute atomic E-state index is 0. The van der Waals surface area contributed by atoms with Gasteiger partial charge in [0.05, 0.1) is 9.81 Å². The lowest BCUT2D eigenvalue weighted by molar-refractivity contribution is 0.489. The molecular formula is C7H9NO6S2. The summed E-state index contributed by atoms with van der Waals surface area (Å²) in [5.41, 5.74) is 0.361. The van der Waals surface area contributed by atoms with Crippen LogP contribution in [0.25, 0.3) is 0 Å². The van der Waals surface area contributed by atoms with E-state index in [1.54, 1.807) is 0 Å². The summed E-state index contributed by atoms with van der Waals surface area (Å²) < 4.78 is 60.7. The second-order valence-electron chi connectivity index (χ2n) is 3.19. The highest BCUT2D eigenvalue weighted by Gasteiger charge is 2.34. The maximum absolute atomic E-state index is 10.8. The maximum Gasteiger partial charge on any atom is 0.294 e. The molecular weight excluding hydrogens is 258 g/mol. The van der Waals surface area contributed by atoms with Crippen LogP contribution in [0.1, 0.15) is 6.42 Å². The Morgan fingerprint density at radius 2 is 1.56 bits per heavy atom. The van der Waals surface area contributed by atoms with Crippen LogP contribution in [0, 0.1) is 0 Å². The molecule has 0 aromatic carbocycles. The number of fused-ring (bicyclic) bond motifs is 2. The molecule has 90 valence electrons. The van der Waals surface area contributed by atoms with E-state index in [-0.39, 0.29) is 33.5 Å². The second-order valence-corrected chi connectivity index (χ2v) is 5.97. The van der Waals surface area contributed by atoms with Crippen molar-refractivity contribution < 1.29 is 25.9 Å². The van der Waals surface area contributed by atoms with Crippen molar-refractivity contribution in [3.05, 3.63) is 33.1 Å². The van der Waals surface area contributed by atoms with Gasteiger partial charge in [-0.3, -0.25) is 9.11 Å². The van der Waals surface area contributed by atoms with Crippen LogP contribution in [-0.4, -0.2) is 25.9 Å². The molecule has 0 aromatic heterocycles. The van der Waals surface area contributed by atoms with Crippen LogP contribution in [0.3, 0.4) is 0 Å². The summed E-state index contributed by atoms with van der Waals surface area (Å²) in [7, 11) is -8.64. The van der Waals surface area contributed by atoms with E-state index in [9.17, 15) is 16.8 Å². The molecule has 0 amide bonds. The maximum atomic E-state index is 10.8. The number of hydrogen-bond acceptors (Lipinski definition) is 5. The van der Waals surface area contributed by atoms with E-state index in [1.165, 1.54) is 0 Å². The van der Waals surface area contributed by atoms with Gasteiger partial charge in [0, 0.05) is 6.42 Å². The fourth-order valence-electron chi connectivity index (χ4n) is 1.61. The summed E-state index contributed by atoms with van der Waals surface area (Å²) in [6, 6.07) is 0. The molecule has 7 nitrogen and oxygen atoms in total. The highest BCUT2D eigenvalue weighted by atomic mass is 32.2. The lowest BCUT2D eigenvalue weighted by atomic mass is 10.3. The molecule has 5 N–H and O–H groups in total. The van der Waals surface area contributed by atoms with Crippen molar-refractivity contribution in [3.63, 3.8) is 0 Å². The molecule has 0 radical (unpaired) electrons. The Labute approximate surface area is 92.2 Å². The third-order valence-electron chi connectivity index (χ3n) is 2.18. The predicted octanol–water partition coefficient (Wildman–Crippen LogP) is 0.406. The van der Waals surface area contributed by atoms with Crippen molar-refractivity contribution in [2.45, 2.75) is 6.42 Å². The zero-order chi connectivity index (χ0) is 11.4. The van der Waals surface area contributed by atoms with E-state index in [1.807, 2.05) is 0 Å². The summed E-state index contributed by atoms with van der Waals surface area (Å²) in [6.07, 6.45) is 2.20. The van der Waals surface area contributed by atoms with Crippen molar-refractivity contribution >= 4 is 20.2 Å². The summed E-state index contributed by atoms with van der Waals surface area (Å²) >= 11 is 0. The third-order valence-corrected chi connectivity index (χ3v) is 4.05. The molecule has 0 atom stereocenters. The van der Waals surface area contributed by atoms with E-state index in [0.29, 0.717) is 0 Å². The van der Waals surface area contributed by atoms with Crippen molar-refractivity contribution in [2.75, 3.05) is 0 Å². The first-order chi connectivity index (χ1) is 6.69. The number of rotatable bonds is 2. The molecule has 0 spiro atoms. The lowest BCUT2D eigenvalue weighted by Gasteiger charge is -2.02. The quantitative estimate of drug-likeness (QED) is 0.614. The fourth-order valence-corrected chi connectivity index (χ4v) is 3.11. The van der Waals surface area contributed by atoms with E-state index in [4.69, 9.17) is 9.11 Å². The van der Waals surface area contributed by atoms with Crippen molar-refractivity contribution in [1.29, 1.82) is 0 Å². The van der Waals surface area contributed by atoms with Crippen LogP contribution in [0.2, 0.25) is 0 Å². The van der Waals surface area contributed by atoms with Crippen LogP contribution < -0.4 is 6.15 Å². The molecule has 0 aromatic rings. The largest absolute Gasteiger partial charge is 0.344 e. The van der Waals surface area contributed by atoms with Gasteiger partial charge in [-0.2, -0.15) is 16.8 Å². The minimum atomic E-state index is -4.32. The SMILES string of the molecule is N.O=S(=O)(O)C1=CC2=C(S(=O)(=O)O)C=C1C2. The normalized spacial score (nSPS) is 19.4. The van der Waals surface area contributed by atoms with Gasteiger partial charge in [-0.1, -0.05) is 0 Å². The highest BCUT2D eigenvalue weighted by Crippen LogP contribution is 2.41. The summed E-state index contributed by atoms with van der Waals surface area (Å²) in [5, 5.41) is 0. The molecule has 0 unspecified atom stereocenters. The molecule has 2 rings (SSSR count). The molecule has 9 heteroatoms. The highest BCUT2D eigenvalue weighted by molar-refractivity contribution is 7.90. The predicted molar refractivity (Wildman–Crippen MR) is 55.9 cm³/mol. The summed E-state index contributed by atoms with van der Waals surface area (Å²) in [4.78, 5) is -0.602. The summed E-state index contributed by atoms with van der Waals surface area (Å²) in [5.74, 6) is 0. The van der Waals surface area contributed by atoms with Gasteiger partial charge in [0.1, 0.15) is 0 Å². The Kier molecular flexibility index (Phi) is 2.86. The van der Waals surface area contributed by atoms with Gasteiger partial charge in [0.2, 0.25) is 0 Å². The third kappa shape index (κ3) is 1.95. The molecule has 0 heterocycles. The number of allylic oxidation sites excluding steroid dienone is 4. The Hall–Kier alpha value is -1.00. The van der Waals surface area contributed by atoms with Gasteiger partial charge in [0.15, 0.2) is 0 Å². The van der Waals surface area contributed by atoms with E-state index in [2.05, 4.69) is 0 Å². The second kappa shape index (κ2) is 3.50. The van der Waals surface area contributed by atoms with Gasteiger partial charge < -0.3 is 6.15 Å². The van der Waals surface area contributed by atoms with Crippen LogP contribution in [-0.2, 0) is 20.2 Å². The standard InChI is InChI=1S/C7H6O6S2.H3N/c8-14(9,10)6-2-4-1-5(6)3-7(4)15(11,12)13;/h2-3H,1H2,(H,8,9,10)(H,11,12,13);1H3. The monoisotopic (exact) mass is 267 g/mol. The van der Waals surface area contributed by atoms with E-state index >= 15 is 0 Å². The van der Waals surface area contributed by atoms with Crippen LogP contribution in [0.5, 0.6) is 0 Å². The van der Waals surface area contributed by atoms with Gasteiger partial charge in [-0.15, -0.1) is 0 Å². The van der Waals surface area contributed by atoms with Gasteiger partial charge >= 0.3 is 0 Å². The van der Waals surface area contributed by atoms with Crippen molar-refractivity contribution in [1.82, 2.24) is 6.15 Å². The zero-order valence-electron chi connectivity index (χ0n) is 7.91. The van der Waals surface area contributed by atoms with Crippen LogP contribution in [0.4, 0.5) is 0 Å². The molecule has 0 saturated heterocycles. The van der Waals surface area contributed by atoms with Crippen LogP contribution >= 0.6 is 0 Å². The number of hydrogen-bond donors (Lipinski definition) is 3. The fraction of sp³-hybridized carbons (Fsp3) is 0.143. The van der Waals surface area contributed by atoms with Gasteiger partial charge in [-0.25, -0.2) is 0 Å². The Morgan fingerprint density at radius 1 is 1.00 bits per heavy atom. The molecule has 0 aliphatic heterocycles. The van der Waals surface area contributed by atoms with Gasteiger partial charge in [-0.05, 0) is 23.3 Å². The van der Waals surface area contributed by atoms with Crippen molar-refractivity contribution in [2.24, 2.45) is 0 Å². The van der Waals surface area contributed by atoms with Gasteiger partial charge in [0.25, 0.3) is 20.2 Å². The Bertz CT molecular complexity index is 634. The average Bonchev–Trinajstić information content (AvgIpc) is 2.57. The van der Waals surface area contributed by atoms with Crippen LogP contribution in [0.15, 0.2) is 33.1 Å². The molecule has 2 aliphatic carbocycles. The zero-order valence-corrected chi connectivity index (χ0v) is 9.55. The first kappa shape index (κ1) is 13.1. The lowest BCUT2D eigenvalue weighted by Crippen LogP contribution is -2.05. The topological polar surface area (TPSA) is 144 Å². The van der Waals surface area contributed by atoms with E-state index in [0.717, 1.165) is 12.2 Å². The van der Waals surface area contributed by atoms with Crippen molar-refractivity contribution in [3.8, 4) is 0 Å². The molecule has 2 aliphatic rings. The van der Waals surface area contributed by atoms with E-state index < -0.39 is 20.2 Å². The Morgan fingerprint density at radius 3 is 1.88 bits per heavy atom. The summed E-state index contributed by atoms with van der Waals surface area (Å²) in [6.45, 7) is 0. The first-order valence-corrected chi connectivity index (χ1v) is 6.68. The average molecular weight is 267 g/mol. The first-order valence-electron chi connectivity index (χ1n) is 3.80.